The number of rotatable bonds is 5. The third kappa shape index (κ3) is 2.71. The van der Waals surface area contributed by atoms with E-state index in [4.69, 9.17) is 20.9 Å². The molecule has 0 spiro atoms. The van der Waals surface area contributed by atoms with Crippen molar-refractivity contribution in [2.75, 3.05) is 13.0 Å². The standard InChI is InChI=1S/C14H15ClN4O2/c1-9-16-14(21-18-9)8-19-12-7-10(20-2)3-4-11(12)17-13(19)5-6-15/h3-4,7H,5-6,8H2,1-2H3. The van der Waals surface area contributed by atoms with Crippen LogP contribution in [0.1, 0.15) is 17.5 Å². The summed E-state index contributed by atoms with van der Waals surface area (Å²) in [5.74, 6) is 3.34. The number of fused-ring (bicyclic) bond motifs is 1. The second-order valence-electron chi connectivity index (χ2n) is 4.64. The Morgan fingerprint density at radius 3 is 2.86 bits per heavy atom. The van der Waals surface area contributed by atoms with Crippen LogP contribution in [0, 0.1) is 6.92 Å². The van der Waals surface area contributed by atoms with Gasteiger partial charge in [0.25, 0.3) is 0 Å². The third-order valence-electron chi connectivity index (χ3n) is 3.22. The summed E-state index contributed by atoms with van der Waals surface area (Å²) in [5.41, 5.74) is 1.86. The van der Waals surface area contributed by atoms with Crippen LogP contribution in [0.15, 0.2) is 22.7 Å². The molecule has 1 aromatic carbocycles. The molecule has 6 nitrogen and oxygen atoms in total. The number of hydrogen-bond acceptors (Lipinski definition) is 5. The lowest BCUT2D eigenvalue weighted by molar-refractivity contribution is 0.367. The lowest BCUT2D eigenvalue weighted by atomic mass is 10.3. The minimum absolute atomic E-state index is 0.469. The fourth-order valence-electron chi connectivity index (χ4n) is 2.27. The summed E-state index contributed by atoms with van der Waals surface area (Å²) in [5, 5.41) is 3.82. The molecule has 2 heterocycles. The first-order valence-corrected chi connectivity index (χ1v) is 7.13. The number of benzene rings is 1. The van der Waals surface area contributed by atoms with Crippen molar-refractivity contribution < 1.29 is 9.26 Å². The maximum absolute atomic E-state index is 5.87. The monoisotopic (exact) mass is 306 g/mol. The van der Waals surface area contributed by atoms with Gasteiger partial charge in [0.05, 0.1) is 18.1 Å². The summed E-state index contributed by atoms with van der Waals surface area (Å²) in [6, 6.07) is 5.77. The number of aromatic nitrogens is 4. The van der Waals surface area contributed by atoms with E-state index in [9.17, 15) is 0 Å². The molecule has 0 aliphatic heterocycles. The number of ether oxygens (including phenoxy) is 1. The van der Waals surface area contributed by atoms with Gasteiger partial charge in [0.15, 0.2) is 5.82 Å². The van der Waals surface area contributed by atoms with E-state index in [1.807, 2.05) is 22.8 Å². The minimum Gasteiger partial charge on any atom is -0.497 e. The highest BCUT2D eigenvalue weighted by molar-refractivity contribution is 6.17. The zero-order valence-electron chi connectivity index (χ0n) is 11.8. The number of nitrogens with zero attached hydrogens (tertiary/aromatic N) is 4. The topological polar surface area (TPSA) is 66.0 Å². The number of aryl methyl sites for hydroxylation is 2. The third-order valence-corrected chi connectivity index (χ3v) is 3.40. The zero-order valence-corrected chi connectivity index (χ0v) is 12.6. The molecule has 0 radical (unpaired) electrons. The van der Waals surface area contributed by atoms with Gasteiger partial charge in [-0.3, -0.25) is 0 Å². The maximum atomic E-state index is 5.87. The van der Waals surface area contributed by atoms with Crippen LogP contribution in [0.4, 0.5) is 0 Å². The van der Waals surface area contributed by atoms with Crippen molar-refractivity contribution >= 4 is 22.6 Å². The van der Waals surface area contributed by atoms with Gasteiger partial charge >= 0.3 is 0 Å². The molecule has 3 aromatic rings. The van der Waals surface area contributed by atoms with E-state index in [2.05, 4.69) is 15.1 Å². The first-order chi connectivity index (χ1) is 10.2. The molecular formula is C14H15ClN4O2. The molecule has 0 atom stereocenters. The van der Waals surface area contributed by atoms with Crippen LogP contribution >= 0.6 is 11.6 Å². The lowest BCUT2D eigenvalue weighted by Crippen LogP contribution is -2.06. The molecule has 0 saturated carbocycles. The van der Waals surface area contributed by atoms with E-state index < -0.39 is 0 Å². The largest absolute Gasteiger partial charge is 0.497 e. The molecule has 0 saturated heterocycles. The van der Waals surface area contributed by atoms with Crippen LogP contribution in [-0.4, -0.2) is 32.7 Å². The van der Waals surface area contributed by atoms with Gasteiger partial charge in [-0.05, 0) is 19.1 Å². The molecule has 110 valence electrons. The highest BCUT2D eigenvalue weighted by Crippen LogP contribution is 2.23. The fourth-order valence-corrected chi connectivity index (χ4v) is 2.44. The summed E-state index contributed by atoms with van der Waals surface area (Å²) in [6.45, 7) is 2.26. The second kappa shape index (κ2) is 5.73. The van der Waals surface area contributed by atoms with Gasteiger partial charge in [0.1, 0.15) is 18.1 Å². The minimum atomic E-state index is 0.469. The summed E-state index contributed by atoms with van der Waals surface area (Å²) in [4.78, 5) is 8.86. The molecule has 0 N–H and O–H groups in total. The quantitative estimate of drug-likeness (QED) is 0.678. The molecule has 21 heavy (non-hydrogen) atoms. The van der Waals surface area contributed by atoms with Gasteiger partial charge in [0, 0.05) is 18.4 Å². The van der Waals surface area contributed by atoms with Crippen molar-refractivity contribution in [3.8, 4) is 5.75 Å². The number of imidazole rings is 1. The van der Waals surface area contributed by atoms with Gasteiger partial charge in [-0.15, -0.1) is 11.6 Å². The summed E-state index contributed by atoms with van der Waals surface area (Å²) < 4.78 is 12.5. The molecular weight excluding hydrogens is 292 g/mol. The van der Waals surface area contributed by atoms with Gasteiger partial charge < -0.3 is 13.8 Å². The van der Waals surface area contributed by atoms with E-state index >= 15 is 0 Å². The normalized spacial score (nSPS) is 11.2. The average Bonchev–Trinajstić information content (AvgIpc) is 3.04. The van der Waals surface area contributed by atoms with Gasteiger partial charge in [0.2, 0.25) is 5.89 Å². The molecule has 0 amide bonds. The van der Waals surface area contributed by atoms with E-state index in [0.29, 0.717) is 30.6 Å². The van der Waals surface area contributed by atoms with Gasteiger partial charge in [-0.25, -0.2) is 4.98 Å². The Balaban J connectivity index is 2.09. The zero-order chi connectivity index (χ0) is 14.8. The lowest BCUT2D eigenvalue weighted by Gasteiger charge is -2.06. The van der Waals surface area contributed by atoms with Crippen LogP contribution in [0.25, 0.3) is 11.0 Å². The second-order valence-corrected chi connectivity index (χ2v) is 5.02. The van der Waals surface area contributed by atoms with E-state index in [-0.39, 0.29) is 0 Å². The number of hydrogen-bond donors (Lipinski definition) is 0. The van der Waals surface area contributed by atoms with E-state index in [0.717, 1.165) is 22.6 Å². The Bertz CT molecular complexity index is 766. The Morgan fingerprint density at radius 1 is 1.33 bits per heavy atom. The highest BCUT2D eigenvalue weighted by atomic mass is 35.5. The van der Waals surface area contributed by atoms with Crippen LogP contribution in [0.2, 0.25) is 0 Å². The van der Waals surface area contributed by atoms with Crippen molar-refractivity contribution in [2.24, 2.45) is 0 Å². The van der Waals surface area contributed by atoms with Crippen LogP contribution < -0.4 is 4.74 Å². The molecule has 0 aliphatic rings. The summed E-state index contributed by atoms with van der Waals surface area (Å²) >= 11 is 5.87. The highest BCUT2D eigenvalue weighted by Gasteiger charge is 2.14. The number of halogens is 1. The smallest absolute Gasteiger partial charge is 0.246 e. The SMILES string of the molecule is COc1ccc2nc(CCCl)n(Cc3nc(C)no3)c2c1. The van der Waals surface area contributed by atoms with Crippen molar-refractivity contribution in [1.29, 1.82) is 0 Å². The molecule has 0 fully saturated rings. The molecule has 0 unspecified atom stereocenters. The predicted octanol–water partition coefficient (Wildman–Crippen LogP) is 2.57. The van der Waals surface area contributed by atoms with Crippen LogP contribution in [0.3, 0.4) is 0 Å². The first kappa shape index (κ1) is 13.9. The summed E-state index contributed by atoms with van der Waals surface area (Å²) in [6.07, 6.45) is 0.672. The first-order valence-electron chi connectivity index (χ1n) is 6.59. The Labute approximate surface area is 126 Å². The Kier molecular flexibility index (Phi) is 3.79. The van der Waals surface area contributed by atoms with Crippen molar-refractivity contribution in [3.05, 3.63) is 35.7 Å². The van der Waals surface area contributed by atoms with Crippen LogP contribution in [0.5, 0.6) is 5.75 Å². The molecule has 0 aliphatic carbocycles. The van der Waals surface area contributed by atoms with Crippen molar-refractivity contribution in [3.63, 3.8) is 0 Å². The van der Waals surface area contributed by atoms with E-state index in [1.165, 1.54) is 0 Å². The van der Waals surface area contributed by atoms with Gasteiger partial charge in [-0.1, -0.05) is 5.16 Å². The Morgan fingerprint density at radius 2 is 2.19 bits per heavy atom. The fraction of sp³-hybridized carbons (Fsp3) is 0.357. The van der Waals surface area contributed by atoms with Crippen molar-refractivity contribution in [2.45, 2.75) is 19.9 Å². The average molecular weight is 307 g/mol. The number of methoxy groups -OCH3 is 1. The predicted molar refractivity (Wildman–Crippen MR) is 78.8 cm³/mol. The molecule has 0 bridgehead atoms. The molecule has 3 rings (SSSR count). The number of alkyl halides is 1. The molecule has 2 aromatic heterocycles. The summed E-state index contributed by atoms with van der Waals surface area (Å²) in [7, 11) is 1.64. The van der Waals surface area contributed by atoms with Crippen molar-refractivity contribution in [1.82, 2.24) is 19.7 Å². The van der Waals surface area contributed by atoms with Gasteiger partial charge in [-0.2, -0.15) is 4.98 Å². The van der Waals surface area contributed by atoms with E-state index in [1.54, 1.807) is 14.0 Å². The van der Waals surface area contributed by atoms with Crippen LogP contribution in [-0.2, 0) is 13.0 Å². The Hall–Kier alpha value is -2.08. The maximum Gasteiger partial charge on any atom is 0.246 e. The molecule has 7 heteroatoms.